The fourth-order valence-electron chi connectivity index (χ4n) is 3.86. The highest BCUT2D eigenvalue weighted by atomic mass is 16.5. The van der Waals surface area contributed by atoms with Crippen LogP contribution >= 0.6 is 0 Å². The van der Waals surface area contributed by atoms with Gasteiger partial charge in [0.05, 0.1) is 13.2 Å². The molecule has 1 aliphatic carbocycles. The molecule has 2 fully saturated rings. The lowest BCUT2D eigenvalue weighted by Gasteiger charge is -2.30. The van der Waals surface area contributed by atoms with E-state index in [-0.39, 0.29) is 23.8 Å². The SMILES string of the molecule is COc1cccc(C(=O)N2CCCN(C(=O)C3CCC(O)CC3)CC2)c1. The summed E-state index contributed by atoms with van der Waals surface area (Å²) in [6, 6.07) is 7.19. The first-order valence-electron chi connectivity index (χ1n) is 9.48. The summed E-state index contributed by atoms with van der Waals surface area (Å²) in [5, 5.41) is 9.63. The molecule has 3 rings (SSSR count). The van der Waals surface area contributed by atoms with E-state index < -0.39 is 0 Å². The van der Waals surface area contributed by atoms with Crippen LogP contribution in [0.2, 0.25) is 0 Å². The number of hydrogen-bond acceptors (Lipinski definition) is 4. The number of hydrogen-bond donors (Lipinski definition) is 1. The van der Waals surface area contributed by atoms with Gasteiger partial charge in [-0.3, -0.25) is 9.59 Å². The van der Waals surface area contributed by atoms with Gasteiger partial charge in [0, 0.05) is 37.7 Å². The minimum atomic E-state index is -0.251. The third-order valence-corrected chi connectivity index (χ3v) is 5.46. The van der Waals surface area contributed by atoms with Gasteiger partial charge >= 0.3 is 0 Å². The zero-order chi connectivity index (χ0) is 18.5. The average molecular weight is 360 g/mol. The van der Waals surface area contributed by atoms with Gasteiger partial charge in [0.1, 0.15) is 5.75 Å². The molecule has 0 radical (unpaired) electrons. The molecule has 2 amide bonds. The number of nitrogens with zero attached hydrogens (tertiary/aromatic N) is 2. The zero-order valence-electron chi connectivity index (χ0n) is 15.4. The molecule has 2 aliphatic rings. The van der Waals surface area contributed by atoms with Crippen LogP contribution in [0.3, 0.4) is 0 Å². The lowest BCUT2D eigenvalue weighted by molar-refractivity contribution is -0.137. The Balaban J connectivity index is 1.59. The molecule has 0 atom stereocenters. The molecule has 1 saturated carbocycles. The minimum absolute atomic E-state index is 0.0148. The van der Waals surface area contributed by atoms with E-state index in [2.05, 4.69) is 0 Å². The first kappa shape index (κ1) is 18.7. The predicted molar refractivity (Wildman–Crippen MR) is 98.1 cm³/mol. The summed E-state index contributed by atoms with van der Waals surface area (Å²) in [5.74, 6) is 0.868. The van der Waals surface area contributed by atoms with Gasteiger partial charge < -0.3 is 19.6 Å². The average Bonchev–Trinajstić information content (AvgIpc) is 2.93. The molecule has 142 valence electrons. The first-order valence-corrected chi connectivity index (χ1v) is 9.48. The maximum absolute atomic E-state index is 12.8. The number of rotatable bonds is 3. The van der Waals surface area contributed by atoms with Crippen molar-refractivity contribution >= 4 is 11.8 Å². The highest BCUT2D eigenvalue weighted by Crippen LogP contribution is 2.26. The fourth-order valence-corrected chi connectivity index (χ4v) is 3.86. The third kappa shape index (κ3) is 4.36. The quantitative estimate of drug-likeness (QED) is 0.894. The van der Waals surface area contributed by atoms with E-state index >= 15 is 0 Å². The molecule has 26 heavy (non-hydrogen) atoms. The summed E-state index contributed by atoms with van der Waals surface area (Å²) >= 11 is 0. The van der Waals surface area contributed by atoms with Crippen LogP contribution in [-0.4, -0.2) is 66.1 Å². The Hall–Kier alpha value is -2.08. The molecule has 6 heteroatoms. The lowest BCUT2D eigenvalue weighted by Crippen LogP contribution is -2.41. The molecule has 1 aromatic carbocycles. The Morgan fingerprint density at radius 3 is 2.46 bits per heavy atom. The largest absolute Gasteiger partial charge is 0.497 e. The van der Waals surface area contributed by atoms with Crippen molar-refractivity contribution in [3.63, 3.8) is 0 Å². The summed E-state index contributed by atoms with van der Waals surface area (Å²) < 4.78 is 5.20. The van der Waals surface area contributed by atoms with Crippen molar-refractivity contribution in [2.24, 2.45) is 5.92 Å². The van der Waals surface area contributed by atoms with Gasteiger partial charge in [-0.2, -0.15) is 0 Å². The molecule has 1 aromatic rings. The van der Waals surface area contributed by atoms with Crippen LogP contribution in [0.25, 0.3) is 0 Å². The van der Waals surface area contributed by atoms with Gasteiger partial charge in [-0.1, -0.05) is 6.07 Å². The number of ether oxygens (including phenoxy) is 1. The van der Waals surface area contributed by atoms with Gasteiger partial charge in [-0.05, 0) is 50.3 Å². The van der Waals surface area contributed by atoms with E-state index in [4.69, 9.17) is 4.74 Å². The van der Waals surface area contributed by atoms with Gasteiger partial charge in [-0.25, -0.2) is 0 Å². The van der Waals surface area contributed by atoms with Crippen LogP contribution in [0.1, 0.15) is 42.5 Å². The summed E-state index contributed by atoms with van der Waals surface area (Å²) in [5.41, 5.74) is 0.616. The standard InChI is InChI=1S/C20H28N2O4/c1-26-18-5-2-4-16(14-18)20(25)22-11-3-10-21(12-13-22)19(24)15-6-8-17(23)9-7-15/h2,4-5,14-15,17,23H,3,6-13H2,1H3. The number of benzene rings is 1. The summed E-state index contributed by atoms with van der Waals surface area (Å²) in [7, 11) is 1.59. The van der Waals surface area contributed by atoms with Crippen molar-refractivity contribution in [3.05, 3.63) is 29.8 Å². The van der Waals surface area contributed by atoms with Gasteiger partial charge in [0.2, 0.25) is 5.91 Å². The highest BCUT2D eigenvalue weighted by molar-refractivity contribution is 5.94. The maximum Gasteiger partial charge on any atom is 0.254 e. The van der Waals surface area contributed by atoms with Crippen LogP contribution in [0.5, 0.6) is 5.75 Å². The zero-order valence-corrected chi connectivity index (χ0v) is 15.4. The summed E-state index contributed by atoms with van der Waals surface area (Å²) in [4.78, 5) is 29.3. The molecule has 6 nitrogen and oxygen atoms in total. The number of methoxy groups -OCH3 is 1. The van der Waals surface area contributed by atoms with E-state index in [1.54, 1.807) is 19.2 Å². The Morgan fingerprint density at radius 1 is 1.04 bits per heavy atom. The molecule has 1 N–H and O–H groups in total. The Kier molecular flexibility index (Phi) is 6.14. The van der Waals surface area contributed by atoms with E-state index in [1.165, 1.54) is 0 Å². The molecular weight excluding hydrogens is 332 g/mol. The third-order valence-electron chi connectivity index (χ3n) is 5.46. The molecular formula is C20H28N2O4. The topological polar surface area (TPSA) is 70.1 Å². The monoisotopic (exact) mass is 360 g/mol. The van der Waals surface area contributed by atoms with Crippen molar-refractivity contribution in [2.75, 3.05) is 33.3 Å². The van der Waals surface area contributed by atoms with E-state index in [1.807, 2.05) is 21.9 Å². The fraction of sp³-hybridized carbons (Fsp3) is 0.600. The lowest BCUT2D eigenvalue weighted by atomic mass is 9.86. The Morgan fingerprint density at radius 2 is 1.73 bits per heavy atom. The van der Waals surface area contributed by atoms with Crippen LogP contribution < -0.4 is 4.74 Å². The summed E-state index contributed by atoms with van der Waals surface area (Å²) in [6.07, 6.45) is 3.50. The van der Waals surface area contributed by atoms with E-state index in [0.29, 0.717) is 50.3 Å². The van der Waals surface area contributed by atoms with Crippen molar-refractivity contribution < 1.29 is 19.4 Å². The number of aliphatic hydroxyl groups excluding tert-OH is 1. The molecule has 0 bridgehead atoms. The second kappa shape index (κ2) is 8.54. The second-order valence-electron chi connectivity index (χ2n) is 7.21. The van der Waals surface area contributed by atoms with Gasteiger partial charge in [-0.15, -0.1) is 0 Å². The van der Waals surface area contributed by atoms with Gasteiger partial charge in [0.15, 0.2) is 0 Å². The Bertz CT molecular complexity index is 640. The highest BCUT2D eigenvalue weighted by Gasteiger charge is 2.30. The first-order chi connectivity index (χ1) is 12.6. The summed E-state index contributed by atoms with van der Waals surface area (Å²) in [6.45, 7) is 2.48. The van der Waals surface area contributed by atoms with Crippen molar-refractivity contribution in [3.8, 4) is 5.75 Å². The van der Waals surface area contributed by atoms with E-state index in [0.717, 1.165) is 19.3 Å². The molecule has 0 unspecified atom stereocenters. The number of amides is 2. The maximum atomic E-state index is 12.8. The van der Waals surface area contributed by atoms with Crippen molar-refractivity contribution in [1.82, 2.24) is 9.80 Å². The predicted octanol–water partition coefficient (Wildman–Crippen LogP) is 1.92. The van der Waals surface area contributed by atoms with Crippen molar-refractivity contribution in [1.29, 1.82) is 0 Å². The second-order valence-corrected chi connectivity index (χ2v) is 7.21. The van der Waals surface area contributed by atoms with Crippen LogP contribution in [0, 0.1) is 5.92 Å². The van der Waals surface area contributed by atoms with Crippen LogP contribution in [-0.2, 0) is 4.79 Å². The van der Waals surface area contributed by atoms with Gasteiger partial charge in [0.25, 0.3) is 5.91 Å². The smallest absolute Gasteiger partial charge is 0.254 e. The molecule has 1 aliphatic heterocycles. The minimum Gasteiger partial charge on any atom is -0.497 e. The molecule has 1 heterocycles. The number of carbonyl (C=O) groups excluding carboxylic acids is 2. The number of aliphatic hydroxyl groups is 1. The van der Waals surface area contributed by atoms with Crippen molar-refractivity contribution in [2.45, 2.75) is 38.2 Å². The normalized spacial score (nSPS) is 24.1. The Labute approximate surface area is 154 Å². The van der Waals surface area contributed by atoms with Crippen LogP contribution in [0.4, 0.5) is 0 Å². The molecule has 0 spiro atoms. The molecule has 0 aromatic heterocycles. The molecule has 1 saturated heterocycles. The van der Waals surface area contributed by atoms with Crippen LogP contribution in [0.15, 0.2) is 24.3 Å². The van der Waals surface area contributed by atoms with E-state index in [9.17, 15) is 14.7 Å². The number of carbonyl (C=O) groups is 2.